The summed E-state index contributed by atoms with van der Waals surface area (Å²) in [6.45, 7) is 2.08. The monoisotopic (exact) mass is 478 g/mol. The second-order valence-corrected chi connectivity index (χ2v) is 9.44. The number of hydrogen-bond donors (Lipinski definition) is 4. The highest BCUT2D eigenvalue weighted by atomic mass is 19.1. The molecule has 2 fully saturated rings. The number of halogens is 1. The number of urea groups is 1. The van der Waals surface area contributed by atoms with Crippen molar-refractivity contribution in [3.8, 4) is 11.3 Å². The van der Waals surface area contributed by atoms with Gasteiger partial charge in [0.25, 0.3) is 0 Å². The van der Waals surface area contributed by atoms with Gasteiger partial charge in [0.2, 0.25) is 5.88 Å². The number of amides is 2. The quantitative estimate of drug-likeness (QED) is 0.339. The van der Waals surface area contributed by atoms with E-state index in [9.17, 15) is 14.3 Å². The Bertz CT molecular complexity index is 1450. The molecule has 5 N–H and O–H groups in total. The lowest BCUT2D eigenvalue weighted by molar-refractivity contribution is 0.0451. The first kappa shape index (κ1) is 21.5. The van der Waals surface area contributed by atoms with Crippen molar-refractivity contribution in [3.05, 3.63) is 42.1 Å². The minimum Gasteiger partial charge on any atom is -0.393 e. The minimum absolute atomic E-state index is 0.00583. The Morgan fingerprint density at radius 2 is 2.06 bits per heavy atom. The smallest absolute Gasteiger partial charge is 0.326 e. The molecule has 0 unspecified atom stereocenters. The number of nitrogen functional groups attached to an aromatic ring is 1. The van der Waals surface area contributed by atoms with E-state index in [1.54, 1.807) is 16.8 Å². The first-order valence-electron chi connectivity index (χ1n) is 11.3. The maximum absolute atomic E-state index is 15.0. The molecule has 0 radical (unpaired) electrons. The maximum atomic E-state index is 15.0. The Morgan fingerprint density at radius 1 is 1.26 bits per heavy atom. The summed E-state index contributed by atoms with van der Waals surface area (Å²) in [7, 11) is 0. The molecular weight excluding hydrogens is 455 g/mol. The fourth-order valence-corrected chi connectivity index (χ4v) is 4.30. The molecule has 4 aromatic rings. The zero-order valence-corrected chi connectivity index (χ0v) is 18.8. The second kappa shape index (κ2) is 7.73. The molecule has 1 aromatic carbocycles. The first-order chi connectivity index (χ1) is 16.8. The average molecular weight is 478 g/mol. The Balaban J connectivity index is 1.24. The number of nitrogens with one attached hydrogen (secondary N) is 2. The number of aromatic nitrogens is 5. The topological polar surface area (TPSA) is 157 Å². The predicted molar refractivity (Wildman–Crippen MR) is 125 cm³/mol. The molecule has 6 rings (SSSR count). The first-order valence-corrected chi connectivity index (χ1v) is 11.3. The number of aliphatic hydroxyl groups is 1. The van der Waals surface area contributed by atoms with E-state index in [1.807, 2.05) is 0 Å². The van der Waals surface area contributed by atoms with Crippen LogP contribution in [-0.4, -0.2) is 42.1 Å². The van der Waals surface area contributed by atoms with Gasteiger partial charge in [0, 0.05) is 17.0 Å². The van der Waals surface area contributed by atoms with E-state index in [4.69, 9.17) is 10.3 Å². The van der Waals surface area contributed by atoms with Crippen molar-refractivity contribution in [1.29, 1.82) is 0 Å². The summed E-state index contributed by atoms with van der Waals surface area (Å²) in [6.07, 6.45) is 4.13. The van der Waals surface area contributed by atoms with Gasteiger partial charge < -0.3 is 20.7 Å². The minimum atomic E-state index is -0.656. The van der Waals surface area contributed by atoms with Crippen molar-refractivity contribution in [2.75, 3.05) is 16.4 Å². The normalized spacial score (nSPS) is 20.4. The van der Waals surface area contributed by atoms with E-state index in [-0.39, 0.29) is 35.0 Å². The molecule has 0 spiro atoms. The Hall–Kier alpha value is -4.06. The van der Waals surface area contributed by atoms with Gasteiger partial charge in [-0.15, -0.1) is 0 Å². The van der Waals surface area contributed by atoms with Crippen LogP contribution < -0.4 is 16.4 Å². The largest absolute Gasteiger partial charge is 0.393 e. The van der Waals surface area contributed by atoms with E-state index >= 15 is 0 Å². The molecule has 2 amide bonds. The van der Waals surface area contributed by atoms with Crippen molar-refractivity contribution in [1.82, 2.24) is 24.9 Å². The van der Waals surface area contributed by atoms with Gasteiger partial charge in [-0.05, 0) is 37.8 Å². The van der Waals surface area contributed by atoms with Crippen LogP contribution in [0.15, 0.2) is 35.1 Å². The van der Waals surface area contributed by atoms with Gasteiger partial charge in [-0.2, -0.15) is 5.10 Å². The molecule has 11 nitrogen and oxygen atoms in total. The number of fused-ring (bicyclic) bond motifs is 1. The second-order valence-electron chi connectivity index (χ2n) is 9.44. The van der Waals surface area contributed by atoms with Crippen LogP contribution >= 0.6 is 0 Å². The van der Waals surface area contributed by atoms with Crippen LogP contribution in [0.2, 0.25) is 0 Å². The number of carbonyl (C=O) groups excluding carboxylic acids is 1. The third-order valence-corrected chi connectivity index (χ3v) is 6.81. The molecule has 0 aliphatic heterocycles. The standard InChI is InChI=1S/C23H23FN8O3/c1-23(4-5-23)16-9-17(35-31-16)29-22(34)28-15-3-2-11(6-14(15)24)19-18-20(25)26-10-27-21(18)32(30-19)12-7-13(33)8-12/h2-3,6,9-10,12-13,33H,4-5,7-8H2,1H3,(H2,25,26,27)(H2,28,29,34). The lowest BCUT2D eigenvalue weighted by atomic mass is 9.90. The zero-order valence-electron chi connectivity index (χ0n) is 18.8. The maximum Gasteiger partial charge on any atom is 0.326 e. The SMILES string of the molecule is CC1(c2cc(NC(=O)Nc3ccc(-c4nn(C5CC(O)C5)c5ncnc(N)c45)cc3F)on2)CC1. The van der Waals surface area contributed by atoms with Crippen molar-refractivity contribution in [2.24, 2.45) is 0 Å². The van der Waals surface area contributed by atoms with Crippen LogP contribution in [0.1, 0.15) is 44.3 Å². The van der Waals surface area contributed by atoms with Crippen molar-refractivity contribution in [3.63, 3.8) is 0 Å². The Kier molecular flexibility index (Phi) is 4.74. The Labute approximate surface area is 198 Å². The van der Waals surface area contributed by atoms with Crippen LogP contribution in [0.5, 0.6) is 0 Å². The van der Waals surface area contributed by atoms with Gasteiger partial charge in [0.05, 0.1) is 28.9 Å². The number of nitrogens with zero attached hydrogens (tertiary/aromatic N) is 5. The van der Waals surface area contributed by atoms with Gasteiger partial charge in [-0.25, -0.2) is 23.8 Å². The van der Waals surface area contributed by atoms with Gasteiger partial charge in [-0.3, -0.25) is 5.32 Å². The van der Waals surface area contributed by atoms with Gasteiger partial charge in [0.1, 0.15) is 23.7 Å². The Morgan fingerprint density at radius 3 is 2.77 bits per heavy atom. The third kappa shape index (κ3) is 3.75. The summed E-state index contributed by atoms with van der Waals surface area (Å²) in [5.41, 5.74) is 8.29. The highest BCUT2D eigenvalue weighted by Gasteiger charge is 2.42. The highest BCUT2D eigenvalue weighted by molar-refractivity contribution is 6.00. The van der Waals surface area contributed by atoms with Crippen LogP contribution in [0.25, 0.3) is 22.3 Å². The van der Waals surface area contributed by atoms with Crippen LogP contribution in [0.3, 0.4) is 0 Å². The molecule has 3 heterocycles. The summed E-state index contributed by atoms with van der Waals surface area (Å²) in [4.78, 5) is 20.7. The van der Waals surface area contributed by atoms with Crippen LogP contribution in [0.4, 0.5) is 26.6 Å². The summed E-state index contributed by atoms with van der Waals surface area (Å²) in [5.74, 6) is -0.237. The van der Waals surface area contributed by atoms with E-state index in [0.29, 0.717) is 35.1 Å². The summed E-state index contributed by atoms with van der Waals surface area (Å²) in [5, 5.41) is 23.9. The summed E-state index contributed by atoms with van der Waals surface area (Å²) in [6, 6.07) is 5.35. The number of nitrogens with two attached hydrogens (primary N) is 1. The fourth-order valence-electron chi connectivity index (χ4n) is 4.30. The number of anilines is 3. The molecule has 2 aliphatic carbocycles. The molecule has 180 valence electrons. The summed E-state index contributed by atoms with van der Waals surface area (Å²) >= 11 is 0. The molecule has 2 aliphatic rings. The van der Waals surface area contributed by atoms with Crippen LogP contribution in [0, 0.1) is 5.82 Å². The molecule has 12 heteroatoms. The average Bonchev–Trinajstić information content (AvgIpc) is 3.21. The van der Waals surface area contributed by atoms with Gasteiger partial charge in [0.15, 0.2) is 5.65 Å². The highest BCUT2D eigenvalue weighted by Crippen LogP contribution is 2.47. The molecular formula is C23H23FN8O3. The van der Waals surface area contributed by atoms with Gasteiger partial charge >= 0.3 is 6.03 Å². The zero-order chi connectivity index (χ0) is 24.3. The molecule has 0 bridgehead atoms. The van der Waals surface area contributed by atoms with Crippen molar-refractivity contribution in [2.45, 2.75) is 50.2 Å². The van der Waals surface area contributed by atoms with E-state index < -0.39 is 11.8 Å². The molecule has 2 saturated carbocycles. The van der Waals surface area contributed by atoms with E-state index in [2.05, 4.69) is 37.8 Å². The number of benzene rings is 1. The number of carbonyl (C=O) groups is 1. The molecule has 35 heavy (non-hydrogen) atoms. The number of hydrogen-bond acceptors (Lipinski definition) is 8. The molecule has 3 aromatic heterocycles. The lowest BCUT2D eigenvalue weighted by Crippen LogP contribution is -2.31. The fraction of sp³-hybridized carbons (Fsp3) is 0.348. The van der Waals surface area contributed by atoms with E-state index in [1.165, 1.54) is 18.5 Å². The van der Waals surface area contributed by atoms with Gasteiger partial charge in [-0.1, -0.05) is 18.1 Å². The molecule has 0 atom stereocenters. The predicted octanol–water partition coefficient (Wildman–Crippen LogP) is 3.59. The van der Waals surface area contributed by atoms with Crippen molar-refractivity contribution < 1.29 is 18.8 Å². The molecule has 0 saturated heterocycles. The third-order valence-electron chi connectivity index (χ3n) is 6.81. The number of rotatable bonds is 5. The number of aliphatic hydroxyl groups excluding tert-OH is 1. The van der Waals surface area contributed by atoms with Crippen LogP contribution in [-0.2, 0) is 5.41 Å². The summed E-state index contributed by atoms with van der Waals surface area (Å²) < 4.78 is 21.9. The van der Waals surface area contributed by atoms with Crippen molar-refractivity contribution >= 4 is 34.5 Å². The van der Waals surface area contributed by atoms with E-state index in [0.717, 1.165) is 18.5 Å². The lowest BCUT2D eigenvalue weighted by Gasteiger charge is -2.31.